The van der Waals surface area contributed by atoms with Gasteiger partial charge in [0.1, 0.15) is 6.61 Å². The van der Waals surface area contributed by atoms with Crippen molar-refractivity contribution < 1.29 is 9.53 Å². The van der Waals surface area contributed by atoms with Crippen molar-refractivity contribution in [2.45, 2.75) is 31.4 Å². The molecule has 0 saturated heterocycles. The molecule has 1 fully saturated rings. The number of nitrogens with one attached hydrogen (secondary N) is 1. The summed E-state index contributed by atoms with van der Waals surface area (Å²) in [5.74, 6) is 0. The average Bonchev–Trinajstić information content (AvgIpc) is 3.25. The minimum atomic E-state index is -0.337. The second-order valence-electron chi connectivity index (χ2n) is 5.77. The van der Waals surface area contributed by atoms with E-state index in [-0.39, 0.29) is 11.6 Å². The van der Waals surface area contributed by atoms with Crippen molar-refractivity contribution in [3.05, 3.63) is 70.2 Å². The number of benzene rings is 2. The Labute approximate surface area is 138 Å². The Balaban J connectivity index is 1.52. The summed E-state index contributed by atoms with van der Waals surface area (Å²) < 4.78 is 6.37. The monoisotopic (exact) mass is 359 g/mol. The van der Waals surface area contributed by atoms with E-state index in [4.69, 9.17) is 4.74 Å². The molecule has 2 aromatic carbocycles. The first-order valence-electron chi connectivity index (χ1n) is 7.39. The number of rotatable bonds is 5. The van der Waals surface area contributed by atoms with Gasteiger partial charge >= 0.3 is 6.09 Å². The van der Waals surface area contributed by atoms with Gasteiger partial charge in [0, 0.05) is 10.0 Å². The number of ether oxygens (including phenoxy) is 1. The molecule has 0 heterocycles. The standard InChI is InChI=1S/C18H18BrNO2/c19-16-8-4-7-15(11-16)12-18(9-10-18)20-17(21)22-13-14-5-2-1-3-6-14/h1-8,11H,9-10,12-13H2,(H,20,21). The van der Waals surface area contributed by atoms with Crippen LogP contribution in [0, 0.1) is 0 Å². The van der Waals surface area contributed by atoms with Crippen LogP contribution in [0.1, 0.15) is 24.0 Å². The number of hydrogen-bond acceptors (Lipinski definition) is 2. The minimum Gasteiger partial charge on any atom is -0.445 e. The molecule has 114 valence electrons. The first-order chi connectivity index (χ1) is 10.7. The van der Waals surface area contributed by atoms with Gasteiger partial charge in [0.05, 0.1) is 0 Å². The van der Waals surface area contributed by atoms with Gasteiger partial charge < -0.3 is 10.1 Å². The van der Waals surface area contributed by atoms with Crippen LogP contribution in [0.2, 0.25) is 0 Å². The van der Waals surface area contributed by atoms with Gasteiger partial charge in [-0.3, -0.25) is 0 Å². The fourth-order valence-electron chi connectivity index (χ4n) is 2.51. The Morgan fingerprint density at radius 2 is 1.82 bits per heavy atom. The smallest absolute Gasteiger partial charge is 0.407 e. The topological polar surface area (TPSA) is 38.3 Å². The van der Waals surface area contributed by atoms with E-state index in [1.54, 1.807) is 0 Å². The predicted octanol–water partition coefficient (Wildman–Crippen LogP) is 4.45. The van der Waals surface area contributed by atoms with Gasteiger partial charge in [0.25, 0.3) is 0 Å². The van der Waals surface area contributed by atoms with Gasteiger partial charge in [-0.05, 0) is 42.5 Å². The van der Waals surface area contributed by atoms with E-state index < -0.39 is 0 Å². The van der Waals surface area contributed by atoms with Gasteiger partial charge in [-0.15, -0.1) is 0 Å². The number of hydrogen-bond donors (Lipinski definition) is 1. The van der Waals surface area contributed by atoms with Crippen LogP contribution in [-0.4, -0.2) is 11.6 Å². The zero-order valence-corrected chi connectivity index (χ0v) is 13.8. The van der Waals surface area contributed by atoms with Crippen molar-refractivity contribution >= 4 is 22.0 Å². The van der Waals surface area contributed by atoms with Crippen molar-refractivity contribution in [2.75, 3.05) is 0 Å². The second-order valence-corrected chi connectivity index (χ2v) is 6.69. The highest BCUT2D eigenvalue weighted by molar-refractivity contribution is 9.10. The number of amides is 1. The number of alkyl carbamates (subject to hydrolysis) is 1. The maximum absolute atomic E-state index is 12.0. The first kappa shape index (κ1) is 15.1. The Morgan fingerprint density at radius 1 is 1.09 bits per heavy atom. The van der Waals surface area contributed by atoms with Crippen molar-refractivity contribution in [1.29, 1.82) is 0 Å². The number of carbonyl (C=O) groups is 1. The Kier molecular flexibility index (Phi) is 4.48. The maximum Gasteiger partial charge on any atom is 0.407 e. The summed E-state index contributed by atoms with van der Waals surface area (Å²) in [7, 11) is 0. The molecule has 1 saturated carbocycles. The van der Waals surface area contributed by atoms with Crippen LogP contribution < -0.4 is 5.32 Å². The molecule has 4 heteroatoms. The van der Waals surface area contributed by atoms with E-state index in [1.165, 1.54) is 5.56 Å². The normalized spacial score (nSPS) is 15.1. The average molecular weight is 360 g/mol. The van der Waals surface area contributed by atoms with E-state index in [2.05, 4.69) is 33.4 Å². The molecule has 3 rings (SSSR count). The first-order valence-corrected chi connectivity index (χ1v) is 8.18. The third kappa shape index (κ3) is 4.10. The third-order valence-electron chi connectivity index (χ3n) is 3.87. The lowest BCUT2D eigenvalue weighted by molar-refractivity contribution is 0.134. The van der Waals surface area contributed by atoms with Gasteiger partial charge in [-0.25, -0.2) is 4.79 Å². The van der Waals surface area contributed by atoms with Crippen molar-refractivity contribution in [3.8, 4) is 0 Å². The Bertz CT molecular complexity index is 653. The molecule has 3 nitrogen and oxygen atoms in total. The molecule has 1 aliphatic carbocycles. The predicted molar refractivity (Wildman–Crippen MR) is 89.6 cm³/mol. The minimum absolute atomic E-state index is 0.130. The highest BCUT2D eigenvalue weighted by Crippen LogP contribution is 2.39. The molecular formula is C18H18BrNO2. The molecule has 0 atom stereocenters. The maximum atomic E-state index is 12.0. The van der Waals surface area contributed by atoms with E-state index in [1.807, 2.05) is 42.5 Å². The van der Waals surface area contributed by atoms with Crippen LogP contribution in [0.4, 0.5) is 4.79 Å². The molecule has 1 amide bonds. The summed E-state index contributed by atoms with van der Waals surface area (Å²) in [6.07, 6.45) is 2.50. The molecule has 0 aliphatic heterocycles. The van der Waals surface area contributed by atoms with Crippen molar-refractivity contribution in [1.82, 2.24) is 5.32 Å². The molecule has 0 unspecified atom stereocenters. The van der Waals surface area contributed by atoms with E-state index in [0.717, 1.165) is 29.3 Å². The van der Waals surface area contributed by atoms with Gasteiger partial charge in [-0.2, -0.15) is 0 Å². The van der Waals surface area contributed by atoms with Crippen LogP contribution in [0.15, 0.2) is 59.1 Å². The van der Waals surface area contributed by atoms with Crippen molar-refractivity contribution in [2.24, 2.45) is 0 Å². The summed E-state index contributed by atoms with van der Waals surface area (Å²) in [5, 5.41) is 3.03. The Morgan fingerprint density at radius 3 is 2.50 bits per heavy atom. The van der Waals surface area contributed by atoms with Gasteiger partial charge in [0.15, 0.2) is 0 Å². The Hall–Kier alpha value is -1.81. The zero-order chi connectivity index (χ0) is 15.4. The lowest BCUT2D eigenvalue weighted by Gasteiger charge is -2.17. The summed E-state index contributed by atoms with van der Waals surface area (Å²) in [6.45, 7) is 0.305. The highest BCUT2D eigenvalue weighted by atomic mass is 79.9. The molecule has 0 radical (unpaired) electrons. The molecule has 0 spiro atoms. The molecule has 0 bridgehead atoms. The summed E-state index contributed by atoms with van der Waals surface area (Å²) in [4.78, 5) is 12.0. The summed E-state index contributed by atoms with van der Waals surface area (Å²) >= 11 is 3.48. The van der Waals surface area contributed by atoms with Crippen molar-refractivity contribution in [3.63, 3.8) is 0 Å². The molecule has 1 N–H and O–H groups in total. The zero-order valence-electron chi connectivity index (χ0n) is 12.2. The SMILES string of the molecule is O=C(NC1(Cc2cccc(Br)c2)CC1)OCc1ccccc1. The highest BCUT2D eigenvalue weighted by Gasteiger charge is 2.44. The molecule has 0 aromatic heterocycles. The fourth-order valence-corrected chi connectivity index (χ4v) is 2.96. The lowest BCUT2D eigenvalue weighted by Crippen LogP contribution is -2.38. The van der Waals surface area contributed by atoms with E-state index in [0.29, 0.717) is 6.61 Å². The van der Waals surface area contributed by atoms with Crippen LogP contribution in [-0.2, 0) is 17.8 Å². The molecule has 22 heavy (non-hydrogen) atoms. The van der Waals surface area contributed by atoms with Crippen LogP contribution in [0.25, 0.3) is 0 Å². The lowest BCUT2D eigenvalue weighted by atomic mass is 10.0. The second kappa shape index (κ2) is 6.53. The number of halogens is 1. The van der Waals surface area contributed by atoms with Gasteiger partial charge in [0.2, 0.25) is 0 Å². The third-order valence-corrected chi connectivity index (χ3v) is 4.36. The largest absolute Gasteiger partial charge is 0.445 e. The molecule has 1 aliphatic rings. The summed E-state index contributed by atoms with van der Waals surface area (Å²) in [5.41, 5.74) is 2.08. The molecule has 2 aromatic rings. The van der Waals surface area contributed by atoms with E-state index >= 15 is 0 Å². The fraction of sp³-hybridized carbons (Fsp3) is 0.278. The van der Waals surface area contributed by atoms with E-state index in [9.17, 15) is 4.79 Å². The van der Waals surface area contributed by atoms with Crippen LogP contribution in [0.3, 0.4) is 0 Å². The van der Waals surface area contributed by atoms with Gasteiger partial charge in [-0.1, -0.05) is 58.4 Å². The number of carbonyl (C=O) groups excluding carboxylic acids is 1. The molecular weight excluding hydrogens is 342 g/mol. The quantitative estimate of drug-likeness (QED) is 0.856. The van der Waals surface area contributed by atoms with Crippen LogP contribution >= 0.6 is 15.9 Å². The summed E-state index contributed by atoms with van der Waals surface area (Å²) in [6, 6.07) is 17.9. The van der Waals surface area contributed by atoms with Crippen LogP contribution in [0.5, 0.6) is 0 Å².